The van der Waals surface area contributed by atoms with Gasteiger partial charge in [0.25, 0.3) is 5.91 Å². The maximum Gasteiger partial charge on any atom is 0.276 e. The van der Waals surface area contributed by atoms with E-state index in [1.54, 1.807) is 18.2 Å². The topological polar surface area (TPSA) is 74.8 Å². The molecule has 0 bridgehead atoms. The number of aromatic nitrogens is 2. The Labute approximate surface area is 141 Å². The molecule has 1 heterocycles. The van der Waals surface area contributed by atoms with Crippen molar-refractivity contribution in [3.63, 3.8) is 0 Å². The van der Waals surface area contributed by atoms with Crippen LogP contribution in [-0.2, 0) is 11.2 Å². The van der Waals surface area contributed by atoms with Crippen LogP contribution >= 0.6 is 11.6 Å². The second-order valence-electron chi connectivity index (χ2n) is 5.37. The molecule has 0 saturated carbocycles. The minimum absolute atomic E-state index is 0.0518. The summed E-state index contributed by atoms with van der Waals surface area (Å²) in [6.45, 7) is 1.37. The van der Waals surface area contributed by atoms with Crippen LogP contribution in [0.1, 0.15) is 23.0 Å². The Morgan fingerprint density at radius 2 is 2.04 bits per heavy atom. The summed E-state index contributed by atoms with van der Waals surface area (Å²) in [4.78, 5) is 23.5. The normalized spacial score (nSPS) is 10.8. The van der Waals surface area contributed by atoms with E-state index in [0.717, 1.165) is 11.6 Å². The number of hydrogen-bond donors (Lipinski definition) is 2. The van der Waals surface area contributed by atoms with E-state index in [1.165, 1.54) is 13.0 Å². The highest BCUT2D eigenvalue weighted by atomic mass is 35.5. The molecule has 122 valence electrons. The van der Waals surface area contributed by atoms with Crippen molar-refractivity contribution in [2.45, 2.75) is 13.3 Å². The number of amides is 1. The average molecular weight is 346 g/mol. The van der Waals surface area contributed by atoms with Crippen molar-refractivity contribution in [1.82, 2.24) is 10.2 Å². The molecule has 0 fully saturated rings. The number of nitrogens with zero attached hydrogens (tertiary/aromatic N) is 1. The van der Waals surface area contributed by atoms with Gasteiger partial charge in [0.15, 0.2) is 5.69 Å². The summed E-state index contributed by atoms with van der Waals surface area (Å²) in [5.74, 6) is -1.28. The molecule has 2 N–H and O–H groups in total. The Balaban J connectivity index is 1.89. The summed E-state index contributed by atoms with van der Waals surface area (Å²) in [5, 5.41) is 10.1. The van der Waals surface area contributed by atoms with E-state index in [-0.39, 0.29) is 34.2 Å². The van der Waals surface area contributed by atoms with E-state index in [2.05, 4.69) is 15.5 Å². The lowest BCUT2D eigenvalue weighted by Gasteiger charge is -2.09. The Hall–Kier alpha value is -2.73. The molecule has 0 aliphatic heterocycles. The maximum atomic E-state index is 14.1. The van der Waals surface area contributed by atoms with E-state index in [4.69, 9.17) is 11.6 Å². The SMILES string of the molecule is CC(=O)Cc1cc(Cl)c(NC(=O)c2n[nH]c3ccccc23)cc1F. The fourth-order valence-corrected chi connectivity index (χ4v) is 2.64. The first-order valence-electron chi connectivity index (χ1n) is 7.17. The zero-order valence-corrected chi connectivity index (χ0v) is 13.4. The van der Waals surface area contributed by atoms with Crippen LogP contribution in [0.15, 0.2) is 36.4 Å². The summed E-state index contributed by atoms with van der Waals surface area (Å²) in [6, 6.07) is 9.61. The summed E-state index contributed by atoms with van der Waals surface area (Å²) >= 11 is 6.09. The molecule has 0 unspecified atom stereocenters. The first kappa shape index (κ1) is 16.1. The molecule has 0 aliphatic rings. The van der Waals surface area contributed by atoms with Gasteiger partial charge in [-0.2, -0.15) is 5.10 Å². The van der Waals surface area contributed by atoms with Gasteiger partial charge in [-0.3, -0.25) is 14.7 Å². The zero-order chi connectivity index (χ0) is 17.3. The molecule has 0 spiro atoms. The third-order valence-corrected chi connectivity index (χ3v) is 3.82. The van der Waals surface area contributed by atoms with Crippen molar-refractivity contribution < 1.29 is 14.0 Å². The van der Waals surface area contributed by atoms with Crippen molar-refractivity contribution in [1.29, 1.82) is 0 Å². The van der Waals surface area contributed by atoms with Gasteiger partial charge in [-0.1, -0.05) is 29.8 Å². The second-order valence-corrected chi connectivity index (χ2v) is 5.78. The first-order valence-corrected chi connectivity index (χ1v) is 7.55. The Kier molecular flexibility index (Phi) is 4.31. The molecular formula is C17H13ClFN3O2. The van der Waals surface area contributed by atoms with E-state index in [0.29, 0.717) is 5.39 Å². The number of hydrogen-bond acceptors (Lipinski definition) is 3. The smallest absolute Gasteiger partial charge is 0.276 e. The number of aromatic amines is 1. The molecule has 2 aromatic carbocycles. The molecule has 1 amide bonds. The third kappa shape index (κ3) is 3.14. The number of ketones is 1. The average Bonchev–Trinajstić information content (AvgIpc) is 2.95. The number of anilines is 1. The number of H-pyrrole nitrogens is 1. The lowest BCUT2D eigenvalue weighted by atomic mass is 10.1. The lowest BCUT2D eigenvalue weighted by molar-refractivity contribution is -0.116. The monoisotopic (exact) mass is 345 g/mol. The van der Waals surface area contributed by atoms with Gasteiger partial charge in [-0.25, -0.2) is 4.39 Å². The Morgan fingerprint density at radius 1 is 1.29 bits per heavy atom. The number of benzene rings is 2. The van der Waals surface area contributed by atoms with Gasteiger partial charge in [-0.15, -0.1) is 0 Å². The predicted octanol–water partition coefficient (Wildman–Crippen LogP) is 3.74. The second kappa shape index (κ2) is 6.41. The molecule has 3 rings (SSSR count). The van der Waals surface area contributed by atoms with E-state index < -0.39 is 11.7 Å². The minimum Gasteiger partial charge on any atom is -0.319 e. The number of halogens is 2. The lowest BCUT2D eigenvalue weighted by Crippen LogP contribution is -2.14. The van der Waals surface area contributed by atoms with Gasteiger partial charge in [-0.05, 0) is 30.7 Å². The molecule has 7 heteroatoms. The van der Waals surface area contributed by atoms with Gasteiger partial charge in [0.2, 0.25) is 0 Å². The van der Waals surface area contributed by atoms with Gasteiger partial charge < -0.3 is 5.32 Å². The number of Topliss-reactive ketones (excluding diaryl/α,β-unsaturated/α-hetero) is 1. The van der Waals surface area contributed by atoms with Gasteiger partial charge >= 0.3 is 0 Å². The van der Waals surface area contributed by atoms with Crippen LogP contribution in [-0.4, -0.2) is 21.9 Å². The van der Waals surface area contributed by atoms with E-state index in [1.807, 2.05) is 6.07 Å². The zero-order valence-electron chi connectivity index (χ0n) is 12.7. The van der Waals surface area contributed by atoms with Crippen molar-refractivity contribution in [2.75, 3.05) is 5.32 Å². The fourth-order valence-electron chi connectivity index (χ4n) is 2.41. The molecular weight excluding hydrogens is 333 g/mol. The van der Waals surface area contributed by atoms with Crippen LogP contribution in [0.2, 0.25) is 5.02 Å². The number of nitrogens with one attached hydrogen (secondary N) is 2. The number of fused-ring (bicyclic) bond motifs is 1. The van der Waals surface area contributed by atoms with Crippen LogP contribution in [0.3, 0.4) is 0 Å². The van der Waals surface area contributed by atoms with Crippen LogP contribution in [0.25, 0.3) is 10.9 Å². The molecule has 1 aromatic heterocycles. The fraction of sp³-hybridized carbons (Fsp3) is 0.118. The number of rotatable bonds is 4. The highest BCUT2D eigenvalue weighted by Crippen LogP contribution is 2.27. The number of para-hydroxylation sites is 1. The van der Waals surface area contributed by atoms with Gasteiger partial charge in [0.1, 0.15) is 11.6 Å². The van der Waals surface area contributed by atoms with Crippen molar-refractivity contribution >= 4 is 39.9 Å². The molecule has 5 nitrogen and oxygen atoms in total. The summed E-state index contributed by atoms with van der Waals surface area (Å²) in [5.41, 5.74) is 1.22. The first-order chi connectivity index (χ1) is 11.5. The van der Waals surface area contributed by atoms with Gasteiger partial charge in [0, 0.05) is 11.8 Å². The highest BCUT2D eigenvalue weighted by molar-refractivity contribution is 6.34. The van der Waals surface area contributed by atoms with Crippen LogP contribution < -0.4 is 5.32 Å². The van der Waals surface area contributed by atoms with Crippen molar-refractivity contribution in [3.8, 4) is 0 Å². The van der Waals surface area contributed by atoms with E-state index >= 15 is 0 Å². The number of carbonyl (C=O) groups excluding carboxylic acids is 2. The molecule has 0 atom stereocenters. The Bertz CT molecular complexity index is 952. The largest absolute Gasteiger partial charge is 0.319 e. The van der Waals surface area contributed by atoms with Crippen molar-refractivity contribution in [2.24, 2.45) is 0 Å². The predicted molar refractivity (Wildman–Crippen MR) is 89.8 cm³/mol. The van der Waals surface area contributed by atoms with Crippen LogP contribution in [0, 0.1) is 5.82 Å². The van der Waals surface area contributed by atoms with Crippen LogP contribution in [0.4, 0.5) is 10.1 Å². The summed E-state index contributed by atoms with van der Waals surface area (Å²) < 4.78 is 14.1. The summed E-state index contributed by atoms with van der Waals surface area (Å²) in [6.07, 6.45) is -0.0518. The van der Waals surface area contributed by atoms with Crippen molar-refractivity contribution in [3.05, 3.63) is 58.5 Å². The quantitative estimate of drug-likeness (QED) is 0.756. The minimum atomic E-state index is -0.600. The Morgan fingerprint density at radius 3 is 2.79 bits per heavy atom. The summed E-state index contributed by atoms with van der Waals surface area (Å²) in [7, 11) is 0. The molecule has 3 aromatic rings. The molecule has 0 aliphatic carbocycles. The van der Waals surface area contributed by atoms with E-state index in [9.17, 15) is 14.0 Å². The molecule has 0 saturated heterocycles. The maximum absolute atomic E-state index is 14.1. The third-order valence-electron chi connectivity index (χ3n) is 3.51. The van der Waals surface area contributed by atoms with Crippen LogP contribution in [0.5, 0.6) is 0 Å². The molecule has 0 radical (unpaired) electrons. The standard InChI is InChI=1S/C17H13ClFN3O2/c1-9(23)6-10-7-12(18)15(8-13(10)19)20-17(24)16-11-4-2-3-5-14(11)21-22-16/h2-5,7-8H,6H2,1H3,(H,20,24)(H,21,22). The van der Waals surface area contributed by atoms with Gasteiger partial charge in [0.05, 0.1) is 16.2 Å². The molecule has 24 heavy (non-hydrogen) atoms. The highest BCUT2D eigenvalue weighted by Gasteiger charge is 2.17. The number of carbonyl (C=O) groups is 2.